The molecule has 6 nitrogen and oxygen atoms in total. The summed E-state index contributed by atoms with van der Waals surface area (Å²) in [6, 6.07) is 8.15. The summed E-state index contributed by atoms with van der Waals surface area (Å²) in [5.74, 6) is 0.164. The minimum Gasteiger partial charge on any atom is -0.381 e. The average Bonchev–Trinajstić information content (AvgIpc) is 3.06. The lowest BCUT2D eigenvalue weighted by Gasteiger charge is -2.30. The number of anilines is 2. The average molecular weight is 380 g/mol. The maximum Gasteiger partial charge on any atom is 0.254 e. The zero-order valence-electron chi connectivity index (χ0n) is 16.5. The first-order valence-electron chi connectivity index (χ1n) is 10.2. The van der Waals surface area contributed by atoms with E-state index in [9.17, 15) is 4.79 Å². The first kappa shape index (κ1) is 18.7. The van der Waals surface area contributed by atoms with E-state index in [2.05, 4.69) is 34.3 Å². The summed E-state index contributed by atoms with van der Waals surface area (Å²) in [4.78, 5) is 21.1. The predicted octanol–water partition coefficient (Wildman–Crippen LogP) is 3.29. The number of fused-ring (bicyclic) bond motifs is 1. The summed E-state index contributed by atoms with van der Waals surface area (Å²) in [7, 11) is 0. The van der Waals surface area contributed by atoms with Gasteiger partial charge in [-0.25, -0.2) is 0 Å². The Bertz CT molecular complexity index is 833. The first-order chi connectivity index (χ1) is 13.8. The van der Waals surface area contributed by atoms with Gasteiger partial charge in [0.1, 0.15) is 0 Å². The zero-order chi connectivity index (χ0) is 19.3. The SMILES string of the molecule is CCCCN1Cc2cc(NCc3cnccc3N3CCOCC3)ccc2C1=O. The highest BCUT2D eigenvalue weighted by atomic mass is 16.5. The molecule has 0 aliphatic carbocycles. The molecular weight excluding hydrogens is 352 g/mol. The van der Waals surface area contributed by atoms with Crippen LogP contribution in [0.1, 0.15) is 41.3 Å². The molecule has 4 rings (SSSR count). The van der Waals surface area contributed by atoms with Gasteiger partial charge in [0, 0.05) is 67.6 Å². The predicted molar refractivity (Wildman–Crippen MR) is 111 cm³/mol. The number of amides is 1. The second-order valence-electron chi connectivity index (χ2n) is 7.41. The van der Waals surface area contributed by atoms with Crippen molar-refractivity contribution in [3.63, 3.8) is 0 Å². The van der Waals surface area contributed by atoms with Crippen LogP contribution in [-0.2, 0) is 17.8 Å². The molecule has 148 valence electrons. The Balaban J connectivity index is 1.44. The van der Waals surface area contributed by atoms with Crippen LogP contribution >= 0.6 is 0 Å². The topological polar surface area (TPSA) is 57.7 Å². The number of pyridine rings is 1. The van der Waals surface area contributed by atoms with Crippen molar-refractivity contribution < 1.29 is 9.53 Å². The van der Waals surface area contributed by atoms with Crippen molar-refractivity contribution in [1.29, 1.82) is 0 Å². The molecule has 1 saturated heterocycles. The minimum absolute atomic E-state index is 0.164. The van der Waals surface area contributed by atoms with Crippen molar-refractivity contribution in [3.05, 3.63) is 53.3 Å². The molecule has 1 aromatic heterocycles. The Kier molecular flexibility index (Phi) is 5.76. The van der Waals surface area contributed by atoms with Gasteiger partial charge in [0.25, 0.3) is 5.91 Å². The lowest BCUT2D eigenvalue weighted by molar-refractivity contribution is 0.0776. The fourth-order valence-electron chi connectivity index (χ4n) is 3.89. The smallest absolute Gasteiger partial charge is 0.254 e. The normalized spacial score (nSPS) is 16.4. The Morgan fingerprint density at radius 1 is 1.21 bits per heavy atom. The summed E-state index contributed by atoms with van der Waals surface area (Å²) < 4.78 is 5.47. The van der Waals surface area contributed by atoms with Crippen LogP contribution < -0.4 is 10.2 Å². The molecule has 2 aliphatic rings. The molecular formula is C22H28N4O2. The van der Waals surface area contributed by atoms with Crippen molar-refractivity contribution >= 4 is 17.3 Å². The number of rotatable bonds is 7. The zero-order valence-corrected chi connectivity index (χ0v) is 16.5. The van der Waals surface area contributed by atoms with Gasteiger partial charge in [-0.3, -0.25) is 9.78 Å². The van der Waals surface area contributed by atoms with E-state index >= 15 is 0 Å². The lowest BCUT2D eigenvalue weighted by atomic mass is 10.1. The Labute approximate surface area is 166 Å². The molecule has 0 atom stereocenters. The second kappa shape index (κ2) is 8.61. The lowest BCUT2D eigenvalue weighted by Crippen LogP contribution is -2.36. The third-order valence-corrected chi connectivity index (χ3v) is 5.48. The quantitative estimate of drug-likeness (QED) is 0.799. The van der Waals surface area contributed by atoms with Crippen LogP contribution in [-0.4, -0.2) is 48.6 Å². The van der Waals surface area contributed by atoms with Crippen molar-refractivity contribution in [3.8, 4) is 0 Å². The molecule has 0 spiro atoms. The molecule has 1 N–H and O–H groups in total. The number of nitrogens with zero attached hydrogens (tertiary/aromatic N) is 3. The van der Waals surface area contributed by atoms with Crippen LogP contribution in [0, 0.1) is 0 Å². The number of morpholine rings is 1. The number of hydrogen-bond donors (Lipinski definition) is 1. The molecule has 0 unspecified atom stereocenters. The first-order valence-corrected chi connectivity index (χ1v) is 10.2. The van der Waals surface area contributed by atoms with E-state index in [4.69, 9.17) is 4.74 Å². The fraction of sp³-hybridized carbons (Fsp3) is 0.455. The van der Waals surface area contributed by atoms with Crippen LogP contribution in [0.4, 0.5) is 11.4 Å². The maximum atomic E-state index is 12.5. The molecule has 2 aliphatic heterocycles. The third kappa shape index (κ3) is 3.97. The fourth-order valence-corrected chi connectivity index (χ4v) is 3.89. The monoisotopic (exact) mass is 380 g/mol. The highest BCUT2D eigenvalue weighted by molar-refractivity contribution is 5.98. The molecule has 1 fully saturated rings. The van der Waals surface area contributed by atoms with Crippen LogP contribution in [0.3, 0.4) is 0 Å². The summed E-state index contributed by atoms with van der Waals surface area (Å²) >= 11 is 0. The molecule has 0 radical (unpaired) electrons. The van der Waals surface area contributed by atoms with Gasteiger partial charge in [-0.15, -0.1) is 0 Å². The standard InChI is InChI=1S/C22H28N4O2/c1-2-3-8-26-16-17-13-19(4-5-20(17)22(26)27)24-15-18-14-23-7-6-21(18)25-9-11-28-12-10-25/h4-7,13-14,24H,2-3,8-12,15-16H2,1H3. The van der Waals surface area contributed by atoms with E-state index in [0.717, 1.165) is 69.0 Å². The highest BCUT2D eigenvalue weighted by Gasteiger charge is 2.26. The van der Waals surface area contributed by atoms with Crippen molar-refractivity contribution in [2.45, 2.75) is 32.9 Å². The van der Waals surface area contributed by atoms with Gasteiger partial charge in [0.2, 0.25) is 0 Å². The number of carbonyl (C=O) groups is 1. The number of hydrogen-bond acceptors (Lipinski definition) is 5. The van der Waals surface area contributed by atoms with Crippen LogP contribution in [0.25, 0.3) is 0 Å². The number of nitrogens with one attached hydrogen (secondary N) is 1. The van der Waals surface area contributed by atoms with Gasteiger partial charge in [0.15, 0.2) is 0 Å². The summed E-state index contributed by atoms with van der Waals surface area (Å²) in [5, 5.41) is 3.52. The molecule has 28 heavy (non-hydrogen) atoms. The van der Waals surface area contributed by atoms with Gasteiger partial charge in [-0.1, -0.05) is 13.3 Å². The van der Waals surface area contributed by atoms with E-state index in [1.54, 1.807) is 0 Å². The largest absolute Gasteiger partial charge is 0.381 e. The Morgan fingerprint density at radius 2 is 2.07 bits per heavy atom. The minimum atomic E-state index is 0.164. The summed E-state index contributed by atoms with van der Waals surface area (Å²) in [6.45, 7) is 7.76. The molecule has 2 aromatic rings. The van der Waals surface area contributed by atoms with Crippen LogP contribution in [0.15, 0.2) is 36.7 Å². The van der Waals surface area contributed by atoms with Crippen LogP contribution in [0.2, 0.25) is 0 Å². The van der Waals surface area contributed by atoms with Gasteiger partial charge in [-0.2, -0.15) is 0 Å². The number of carbonyl (C=O) groups excluding carboxylic acids is 1. The Hall–Kier alpha value is -2.60. The van der Waals surface area contributed by atoms with E-state index < -0.39 is 0 Å². The van der Waals surface area contributed by atoms with E-state index in [1.165, 1.54) is 11.3 Å². The third-order valence-electron chi connectivity index (χ3n) is 5.48. The van der Waals surface area contributed by atoms with Gasteiger partial charge in [0.05, 0.1) is 13.2 Å². The van der Waals surface area contributed by atoms with E-state index in [0.29, 0.717) is 6.54 Å². The molecule has 3 heterocycles. The molecule has 1 amide bonds. The van der Waals surface area contributed by atoms with E-state index in [-0.39, 0.29) is 5.91 Å². The maximum absolute atomic E-state index is 12.5. The summed E-state index contributed by atoms with van der Waals surface area (Å²) in [6.07, 6.45) is 5.93. The number of aromatic nitrogens is 1. The van der Waals surface area contributed by atoms with Crippen molar-refractivity contribution in [2.75, 3.05) is 43.1 Å². The summed E-state index contributed by atoms with van der Waals surface area (Å²) in [5.41, 5.74) is 5.39. The molecule has 0 bridgehead atoms. The van der Waals surface area contributed by atoms with Gasteiger partial charge >= 0.3 is 0 Å². The van der Waals surface area contributed by atoms with Crippen molar-refractivity contribution in [2.24, 2.45) is 0 Å². The van der Waals surface area contributed by atoms with Gasteiger partial charge < -0.3 is 19.9 Å². The number of ether oxygens (including phenoxy) is 1. The Morgan fingerprint density at radius 3 is 2.89 bits per heavy atom. The van der Waals surface area contributed by atoms with Gasteiger partial charge in [-0.05, 0) is 36.2 Å². The van der Waals surface area contributed by atoms with Crippen molar-refractivity contribution in [1.82, 2.24) is 9.88 Å². The number of benzene rings is 1. The van der Waals surface area contributed by atoms with Crippen LogP contribution in [0.5, 0.6) is 0 Å². The highest BCUT2D eigenvalue weighted by Crippen LogP contribution is 2.27. The molecule has 6 heteroatoms. The molecule has 1 aromatic carbocycles. The van der Waals surface area contributed by atoms with E-state index in [1.807, 2.05) is 29.4 Å². The molecule has 0 saturated carbocycles. The number of unbranched alkanes of at least 4 members (excludes halogenated alkanes) is 1. The second-order valence-corrected chi connectivity index (χ2v) is 7.41.